The highest BCUT2D eigenvalue weighted by Gasteiger charge is 2.31. The van der Waals surface area contributed by atoms with Crippen LogP contribution in [0.4, 0.5) is 0 Å². The predicted octanol–water partition coefficient (Wildman–Crippen LogP) is 3.12. The fourth-order valence-corrected chi connectivity index (χ4v) is 3.46. The number of rotatable bonds is 9. The molecule has 0 aliphatic carbocycles. The SMILES string of the molecule is CCCC1CCCN(CCCC(C)(NCC)C(=O)O)CC1. The first-order valence-electron chi connectivity index (χ1n) is 8.72. The van der Waals surface area contributed by atoms with E-state index in [-0.39, 0.29) is 0 Å². The monoisotopic (exact) mass is 298 g/mol. The minimum atomic E-state index is -0.772. The molecule has 0 aromatic heterocycles. The molecule has 0 aromatic rings. The van der Waals surface area contributed by atoms with Crippen molar-refractivity contribution in [2.24, 2.45) is 5.92 Å². The molecule has 4 heteroatoms. The van der Waals surface area contributed by atoms with E-state index in [1.54, 1.807) is 6.92 Å². The third-order valence-corrected chi connectivity index (χ3v) is 4.83. The van der Waals surface area contributed by atoms with Crippen LogP contribution in [0.25, 0.3) is 0 Å². The summed E-state index contributed by atoms with van der Waals surface area (Å²) in [6, 6.07) is 0. The van der Waals surface area contributed by atoms with Crippen molar-refractivity contribution in [3.8, 4) is 0 Å². The Balaban J connectivity index is 2.33. The van der Waals surface area contributed by atoms with E-state index >= 15 is 0 Å². The Kier molecular flexibility index (Phi) is 8.27. The summed E-state index contributed by atoms with van der Waals surface area (Å²) in [6.07, 6.45) is 8.30. The van der Waals surface area contributed by atoms with E-state index in [2.05, 4.69) is 17.1 Å². The number of hydrogen-bond acceptors (Lipinski definition) is 3. The first kappa shape index (κ1) is 18.4. The van der Waals surface area contributed by atoms with Crippen LogP contribution < -0.4 is 5.32 Å². The molecular formula is C17H34N2O2. The van der Waals surface area contributed by atoms with Crippen molar-refractivity contribution in [1.29, 1.82) is 0 Å². The number of nitrogens with one attached hydrogen (secondary N) is 1. The van der Waals surface area contributed by atoms with Crippen LogP contribution >= 0.6 is 0 Å². The lowest BCUT2D eigenvalue weighted by molar-refractivity contribution is -0.144. The maximum absolute atomic E-state index is 11.4. The minimum absolute atomic E-state index is 0.699. The minimum Gasteiger partial charge on any atom is -0.480 e. The van der Waals surface area contributed by atoms with Crippen LogP contribution in [0.3, 0.4) is 0 Å². The summed E-state index contributed by atoms with van der Waals surface area (Å²) in [6.45, 7) is 10.2. The lowest BCUT2D eigenvalue weighted by Crippen LogP contribution is -2.49. The van der Waals surface area contributed by atoms with Crippen molar-refractivity contribution in [1.82, 2.24) is 10.2 Å². The Labute approximate surface area is 130 Å². The van der Waals surface area contributed by atoms with E-state index in [0.29, 0.717) is 13.0 Å². The first-order chi connectivity index (χ1) is 10.0. The Bertz CT molecular complexity index is 309. The standard InChI is InChI=1S/C17H34N2O2/c1-4-8-15-9-6-12-19(14-10-15)13-7-11-17(3,16(20)21)18-5-2/h15,18H,4-14H2,1-3H3,(H,20,21). The van der Waals surface area contributed by atoms with Gasteiger partial charge in [-0.1, -0.05) is 26.7 Å². The van der Waals surface area contributed by atoms with Crippen molar-refractivity contribution in [3.05, 3.63) is 0 Å². The van der Waals surface area contributed by atoms with Crippen LogP contribution in [-0.4, -0.2) is 47.7 Å². The lowest BCUT2D eigenvalue weighted by atomic mass is 9.95. The highest BCUT2D eigenvalue weighted by atomic mass is 16.4. The molecule has 0 spiro atoms. The van der Waals surface area contributed by atoms with Gasteiger partial charge in [0.05, 0.1) is 0 Å². The molecule has 1 heterocycles. The quantitative estimate of drug-likeness (QED) is 0.687. The highest BCUT2D eigenvalue weighted by Crippen LogP contribution is 2.22. The maximum Gasteiger partial charge on any atom is 0.323 e. The number of carboxylic acid groups (broad SMARTS) is 1. The molecule has 0 radical (unpaired) electrons. The van der Waals surface area contributed by atoms with Gasteiger partial charge in [-0.15, -0.1) is 0 Å². The Morgan fingerprint density at radius 1 is 1.33 bits per heavy atom. The van der Waals surface area contributed by atoms with Gasteiger partial charge in [0, 0.05) is 0 Å². The summed E-state index contributed by atoms with van der Waals surface area (Å²) >= 11 is 0. The molecule has 2 unspecified atom stereocenters. The number of aliphatic carboxylic acids is 1. The second-order valence-corrected chi connectivity index (χ2v) is 6.70. The zero-order chi connectivity index (χ0) is 15.7. The molecule has 0 aromatic carbocycles. The van der Waals surface area contributed by atoms with Gasteiger partial charge in [0.1, 0.15) is 5.54 Å². The van der Waals surface area contributed by atoms with Crippen LogP contribution in [0.15, 0.2) is 0 Å². The molecule has 1 aliphatic rings. The number of hydrogen-bond donors (Lipinski definition) is 2. The predicted molar refractivity (Wildman–Crippen MR) is 87.6 cm³/mol. The number of nitrogens with zero attached hydrogens (tertiary/aromatic N) is 1. The Hall–Kier alpha value is -0.610. The van der Waals surface area contributed by atoms with Crippen LogP contribution in [0.5, 0.6) is 0 Å². The zero-order valence-corrected chi connectivity index (χ0v) is 14.2. The summed E-state index contributed by atoms with van der Waals surface area (Å²) in [5, 5.41) is 12.5. The van der Waals surface area contributed by atoms with Gasteiger partial charge in [-0.25, -0.2) is 0 Å². The summed E-state index contributed by atoms with van der Waals surface area (Å²) in [5.41, 5.74) is -0.772. The molecule has 0 amide bonds. The number of likely N-dealkylation sites (N-methyl/N-ethyl adjacent to an activating group) is 1. The van der Waals surface area contributed by atoms with Gasteiger partial charge in [-0.2, -0.15) is 0 Å². The van der Waals surface area contributed by atoms with Crippen molar-refractivity contribution in [2.45, 2.75) is 71.3 Å². The molecule has 124 valence electrons. The average Bonchev–Trinajstić information content (AvgIpc) is 2.65. The van der Waals surface area contributed by atoms with Gasteiger partial charge >= 0.3 is 5.97 Å². The second-order valence-electron chi connectivity index (χ2n) is 6.70. The van der Waals surface area contributed by atoms with E-state index in [1.165, 1.54) is 45.2 Å². The molecule has 2 N–H and O–H groups in total. The molecule has 0 saturated carbocycles. The summed E-state index contributed by atoms with van der Waals surface area (Å²) < 4.78 is 0. The van der Waals surface area contributed by atoms with Crippen LogP contribution in [-0.2, 0) is 4.79 Å². The van der Waals surface area contributed by atoms with Gasteiger partial charge in [-0.05, 0) is 71.1 Å². The van der Waals surface area contributed by atoms with Crippen molar-refractivity contribution in [2.75, 3.05) is 26.2 Å². The van der Waals surface area contributed by atoms with E-state index in [0.717, 1.165) is 18.9 Å². The smallest absolute Gasteiger partial charge is 0.323 e. The number of likely N-dealkylation sites (tertiary alicyclic amines) is 1. The van der Waals surface area contributed by atoms with Gasteiger partial charge in [-0.3, -0.25) is 4.79 Å². The summed E-state index contributed by atoms with van der Waals surface area (Å²) in [4.78, 5) is 13.9. The van der Waals surface area contributed by atoms with E-state index in [4.69, 9.17) is 0 Å². The van der Waals surface area contributed by atoms with Gasteiger partial charge in [0.2, 0.25) is 0 Å². The number of carbonyl (C=O) groups is 1. The van der Waals surface area contributed by atoms with E-state index < -0.39 is 11.5 Å². The van der Waals surface area contributed by atoms with E-state index in [9.17, 15) is 9.90 Å². The van der Waals surface area contributed by atoms with Gasteiger partial charge in [0.15, 0.2) is 0 Å². The van der Waals surface area contributed by atoms with Crippen LogP contribution in [0.2, 0.25) is 0 Å². The first-order valence-corrected chi connectivity index (χ1v) is 8.72. The Morgan fingerprint density at radius 3 is 2.71 bits per heavy atom. The number of carboxylic acids is 1. The molecule has 21 heavy (non-hydrogen) atoms. The van der Waals surface area contributed by atoms with E-state index in [1.807, 2.05) is 6.92 Å². The normalized spacial score (nSPS) is 23.5. The largest absolute Gasteiger partial charge is 0.480 e. The van der Waals surface area contributed by atoms with Crippen LogP contribution in [0, 0.1) is 5.92 Å². The van der Waals surface area contributed by atoms with Crippen LogP contribution in [0.1, 0.15) is 65.7 Å². The molecule has 2 atom stereocenters. The Morgan fingerprint density at radius 2 is 2.10 bits per heavy atom. The summed E-state index contributed by atoms with van der Waals surface area (Å²) in [5.74, 6) is 0.175. The molecule has 1 saturated heterocycles. The van der Waals surface area contributed by atoms with Gasteiger partial charge in [0.25, 0.3) is 0 Å². The maximum atomic E-state index is 11.4. The third kappa shape index (κ3) is 6.35. The molecule has 4 nitrogen and oxygen atoms in total. The fourth-order valence-electron chi connectivity index (χ4n) is 3.46. The average molecular weight is 298 g/mol. The van der Waals surface area contributed by atoms with Crippen molar-refractivity contribution < 1.29 is 9.90 Å². The fraction of sp³-hybridized carbons (Fsp3) is 0.941. The van der Waals surface area contributed by atoms with Gasteiger partial charge < -0.3 is 15.3 Å². The van der Waals surface area contributed by atoms with Crippen molar-refractivity contribution in [3.63, 3.8) is 0 Å². The lowest BCUT2D eigenvalue weighted by Gasteiger charge is -2.27. The summed E-state index contributed by atoms with van der Waals surface area (Å²) in [7, 11) is 0. The third-order valence-electron chi connectivity index (χ3n) is 4.83. The zero-order valence-electron chi connectivity index (χ0n) is 14.2. The molecular weight excluding hydrogens is 264 g/mol. The molecule has 1 rings (SSSR count). The molecule has 0 bridgehead atoms. The molecule has 1 aliphatic heterocycles. The van der Waals surface area contributed by atoms with Crippen molar-refractivity contribution >= 4 is 5.97 Å². The highest BCUT2D eigenvalue weighted by molar-refractivity contribution is 5.78. The molecule has 1 fully saturated rings. The topological polar surface area (TPSA) is 52.6 Å². The second kappa shape index (κ2) is 9.42.